The predicted octanol–water partition coefficient (Wildman–Crippen LogP) is 4.18. The van der Waals surface area contributed by atoms with Crippen molar-refractivity contribution >= 4 is 17.3 Å². The minimum atomic E-state index is -0.593. The Kier molecular flexibility index (Phi) is 3.43. The first-order chi connectivity index (χ1) is 8.58. The van der Waals surface area contributed by atoms with Gasteiger partial charge in [0.15, 0.2) is 0 Å². The summed E-state index contributed by atoms with van der Waals surface area (Å²) in [6.07, 6.45) is 0. The number of nitro benzene ring substituents is 1. The molecule has 4 nitrogen and oxygen atoms in total. The van der Waals surface area contributed by atoms with Crippen molar-refractivity contribution in [2.45, 2.75) is 0 Å². The molecular weight excluding hydrogens is 261 g/mol. The van der Waals surface area contributed by atoms with Crippen molar-refractivity contribution in [3.05, 3.63) is 63.4 Å². The molecule has 0 aromatic heterocycles. The highest BCUT2D eigenvalue weighted by atomic mass is 35.5. The van der Waals surface area contributed by atoms with E-state index in [1.54, 1.807) is 0 Å². The Morgan fingerprint density at radius 3 is 2.44 bits per heavy atom. The molecule has 0 saturated carbocycles. The summed E-state index contributed by atoms with van der Waals surface area (Å²) in [5.41, 5.74) is -0.244. The molecule has 0 heterocycles. The number of benzene rings is 2. The third-order valence-electron chi connectivity index (χ3n) is 2.18. The van der Waals surface area contributed by atoms with Crippen LogP contribution >= 0.6 is 11.6 Å². The molecule has 2 rings (SSSR count). The van der Waals surface area contributed by atoms with Crippen LogP contribution in [0.2, 0.25) is 5.02 Å². The van der Waals surface area contributed by atoms with Crippen LogP contribution in [0.1, 0.15) is 0 Å². The molecule has 0 fully saturated rings. The molecule has 0 aliphatic rings. The minimum Gasteiger partial charge on any atom is -0.449 e. The van der Waals surface area contributed by atoms with Crippen LogP contribution in [0.25, 0.3) is 0 Å². The highest BCUT2D eigenvalue weighted by Crippen LogP contribution is 2.37. The average Bonchev–Trinajstić information content (AvgIpc) is 2.34. The Balaban J connectivity index is 2.39. The molecule has 0 atom stereocenters. The van der Waals surface area contributed by atoms with Crippen molar-refractivity contribution < 1.29 is 14.1 Å². The summed E-state index contributed by atoms with van der Waals surface area (Å²) in [6, 6.07) is 9.33. The number of halogens is 2. The molecule has 0 N–H and O–H groups in total. The molecule has 92 valence electrons. The number of rotatable bonds is 3. The zero-order valence-electron chi connectivity index (χ0n) is 8.97. The normalized spacial score (nSPS) is 10.1. The first kappa shape index (κ1) is 12.3. The summed E-state index contributed by atoms with van der Waals surface area (Å²) in [4.78, 5) is 10.2. The lowest BCUT2D eigenvalue weighted by atomic mass is 10.3. The number of para-hydroxylation sites is 1. The van der Waals surface area contributed by atoms with E-state index in [0.29, 0.717) is 0 Å². The van der Waals surface area contributed by atoms with Crippen LogP contribution in [0, 0.1) is 15.9 Å². The molecule has 0 amide bonds. The number of nitrogens with zero attached hydrogens (tertiary/aromatic N) is 1. The van der Waals surface area contributed by atoms with Crippen molar-refractivity contribution in [2.24, 2.45) is 0 Å². The highest BCUT2D eigenvalue weighted by Gasteiger charge is 2.18. The minimum absolute atomic E-state index is 0.0595. The zero-order valence-corrected chi connectivity index (χ0v) is 9.73. The van der Waals surface area contributed by atoms with Gasteiger partial charge in [-0.2, -0.15) is 0 Å². The van der Waals surface area contributed by atoms with E-state index >= 15 is 0 Å². The molecular formula is C12H7ClFNO3. The third-order valence-corrected chi connectivity index (χ3v) is 2.47. The maximum atomic E-state index is 12.7. The summed E-state index contributed by atoms with van der Waals surface area (Å²) < 4.78 is 18.0. The smallest absolute Gasteiger partial charge is 0.313 e. The second-order valence-electron chi connectivity index (χ2n) is 3.40. The Morgan fingerprint density at radius 1 is 1.17 bits per heavy atom. The Labute approximate surface area is 107 Å². The van der Waals surface area contributed by atoms with Gasteiger partial charge in [0.1, 0.15) is 11.6 Å². The SMILES string of the molecule is O=[N+]([O-])c1cccc(Cl)c1Oc1ccc(F)cc1. The first-order valence-electron chi connectivity index (χ1n) is 4.94. The molecule has 0 radical (unpaired) electrons. The lowest BCUT2D eigenvalue weighted by Crippen LogP contribution is -1.94. The van der Waals surface area contributed by atoms with Gasteiger partial charge in [-0.1, -0.05) is 17.7 Å². The van der Waals surface area contributed by atoms with E-state index in [0.717, 1.165) is 0 Å². The van der Waals surface area contributed by atoms with Crippen molar-refractivity contribution in [3.8, 4) is 11.5 Å². The Hall–Kier alpha value is -2.14. The molecule has 0 spiro atoms. The van der Waals surface area contributed by atoms with Crippen LogP contribution in [0.5, 0.6) is 11.5 Å². The molecule has 0 unspecified atom stereocenters. The maximum absolute atomic E-state index is 12.7. The van der Waals surface area contributed by atoms with Gasteiger partial charge in [0.05, 0.1) is 9.95 Å². The van der Waals surface area contributed by atoms with E-state index in [-0.39, 0.29) is 22.2 Å². The number of hydrogen-bond acceptors (Lipinski definition) is 3. The van der Waals surface area contributed by atoms with Gasteiger partial charge < -0.3 is 4.74 Å². The molecule has 2 aromatic rings. The van der Waals surface area contributed by atoms with Gasteiger partial charge in [-0.25, -0.2) is 4.39 Å². The second kappa shape index (κ2) is 5.01. The van der Waals surface area contributed by atoms with Crippen molar-refractivity contribution in [3.63, 3.8) is 0 Å². The van der Waals surface area contributed by atoms with E-state index in [2.05, 4.69) is 0 Å². The summed E-state index contributed by atoms with van der Waals surface area (Å²) in [7, 11) is 0. The van der Waals surface area contributed by atoms with Gasteiger partial charge in [0.25, 0.3) is 0 Å². The number of ether oxygens (including phenoxy) is 1. The molecule has 0 aliphatic heterocycles. The summed E-state index contributed by atoms with van der Waals surface area (Å²) in [5, 5.41) is 10.9. The van der Waals surface area contributed by atoms with Crippen LogP contribution in [0.4, 0.5) is 10.1 Å². The standard InChI is InChI=1S/C12H7ClFNO3/c13-10-2-1-3-11(15(16)17)12(10)18-9-6-4-8(14)5-7-9/h1-7H. The predicted molar refractivity (Wildman–Crippen MR) is 64.6 cm³/mol. The van der Waals surface area contributed by atoms with Crippen LogP contribution < -0.4 is 4.74 Å². The van der Waals surface area contributed by atoms with Crippen molar-refractivity contribution in [1.82, 2.24) is 0 Å². The molecule has 6 heteroatoms. The van der Waals surface area contributed by atoms with E-state index < -0.39 is 10.7 Å². The van der Waals surface area contributed by atoms with Gasteiger partial charge in [-0.15, -0.1) is 0 Å². The lowest BCUT2D eigenvalue weighted by molar-refractivity contribution is -0.385. The van der Waals surface area contributed by atoms with Crippen LogP contribution in [-0.2, 0) is 0 Å². The van der Waals surface area contributed by atoms with Gasteiger partial charge in [-0.3, -0.25) is 10.1 Å². The van der Waals surface area contributed by atoms with Gasteiger partial charge in [0.2, 0.25) is 5.75 Å². The Bertz CT molecular complexity index is 586. The first-order valence-corrected chi connectivity index (χ1v) is 5.32. The quantitative estimate of drug-likeness (QED) is 0.619. The maximum Gasteiger partial charge on any atom is 0.313 e. The third kappa shape index (κ3) is 2.57. The second-order valence-corrected chi connectivity index (χ2v) is 3.81. The van der Waals surface area contributed by atoms with Crippen molar-refractivity contribution in [1.29, 1.82) is 0 Å². The van der Waals surface area contributed by atoms with Crippen LogP contribution in [0.3, 0.4) is 0 Å². The summed E-state index contributed by atoms with van der Waals surface area (Å²) in [5.74, 6) is -0.209. The zero-order chi connectivity index (χ0) is 13.1. The van der Waals surface area contributed by atoms with Crippen LogP contribution in [-0.4, -0.2) is 4.92 Å². The van der Waals surface area contributed by atoms with Gasteiger partial charge in [-0.05, 0) is 30.3 Å². The van der Waals surface area contributed by atoms with E-state index in [9.17, 15) is 14.5 Å². The molecule has 18 heavy (non-hydrogen) atoms. The largest absolute Gasteiger partial charge is 0.449 e. The van der Waals surface area contributed by atoms with Gasteiger partial charge >= 0.3 is 5.69 Å². The summed E-state index contributed by atoms with van der Waals surface area (Å²) >= 11 is 5.85. The Morgan fingerprint density at radius 2 is 1.83 bits per heavy atom. The molecule has 0 bridgehead atoms. The fourth-order valence-corrected chi connectivity index (χ4v) is 1.57. The number of hydrogen-bond donors (Lipinski definition) is 0. The summed E-state index contributed by atoms with van der Waals surface area (Å²) in [6.45, 7) is 0. The fraction of sp³-hybridized carbons (Fsp3) is 0. The van der Waals surface area contributed by atoms with Crippen LogP contribution in [0.15, 0.2) is 42.5 Å². The number of nitro groups is 1. The van der Waals surface area contributed by atoms with Crippen molar-refractivity contribution in [2.75, 3.05) is 0 Å². The molecule has 2 aromatic carbocycles. The highest BCUT2D eigenvalue weighted by molar-refractivity contribution is 6.32. The fourth-order valence-electron chi connectivity index (χ4n) is 1.36. The van der Waals surface area contributed by atoms with E-state index in [1.807, 2.05) is 0 Å². The average molecular weight is 268 g/mol. The molecule has 0 aliphatic carbocycles. The van der Waals surface area contributed by atoms with E-state index in [4.69, 9.17) is 16.3 Å². The monoisotopic (exact) mass is 267 g/mol. The lowest BCUT2D eigenvalue weighted by Gasteiger charge is -2.07. The topological polar surface area (TPSA) is 52.4 Å². The van der Waals surface area contributed by atoms with Gasteiger partial charge in [0, 0.05) is 6.07 Å². The van der Waals surface area contributed by atoms with E-state index in [1.165, 1.54) is 42.5 Å². The molecule has 0 saturated heterocycles.